The molecule has 1 unspecified atom stereocenters. The fourth-order valence-corrected chi connectivity index (χ4v) is 5.29. The van der Waals surface area contributed by atoms with Gasteiger partial charge in [0.15, 0.2) is 5.96 Å². The Morgan fingerprint density at radius 3 is 2.70 bits per heavy atom. The molecule has 3 heterocycles. The molecule has 4 rings (SSSR count). The number of rotatable bonds is 5. The Kier molecular flexibility index (Phi) is 7.12. The van der Waals surface area contributed by atoms with Crippen LogP contribution in [0.1, 0.15) is 17.7 Å². The minimum absolute atomic E-state index is 0.359. The third kappa shape index (κ3) is 5.26. The Morgan fingerprint density at radius 2 is 1.97 bits per heavy atom. The van der Waals surface area contributed by atoms with Crippen molar-refractivity contribution in [2.45, 2.75) is 19.4 Å². The highest BCUT2D eigenvalue weighted by atomic mass is 32.1. The predicted molar refractivity (Wildman–Crippen MR) is 126 cm³/mol. The quantitative estimate of drug-likeness (QED) is 0.567. The molecule has 2 N–H and O–H groups in total. The second kappa shape index (κ2) is 10.2. The number of guanidine groups is 1. The SMILES string of the molecule is CN=C(NCC1CCCN(Cc2cccs2)C1)N1CCN(c2ccccc2O)CC1. The van der Waals surface area contributed by atoms with Crippen molar-refractivity contribution in [1.29, 1.82) is 0 Å². The van der Waals surface area contributed by atoms with Crippen LogP contribution in [0, 0.1) is 5.92 Å². The largest absolute Gasteiger partial charge is 0.506 e. The van der Waals surface area contributed by atoms with E-state index in [1.165, 1.54) is 24.3 Å². The summed E-state index contributed by atoms with van der Waals surface area (Å²) in [5.74, 6) is 2.03. The average molecular weight is 428 g/mol. The number of benzene rings is 1. The Hall–Kier alpha value is -2.25. The van der Waals surface area contributed by atoms with Gasteiger partial charge in [0.2, 0.25) is 0 Å². The summed E-state index contributed by atoms with van der Waals surface area (Å²) in [5, 5.41) is 15.9. The van der Waals surface area contributed by atoms with Gasteiger partial charge in [-0.1, -0.05) is 18.2 Å². The minimum atomic E-state index is 0.359. The third-order valence-electron chi connectivity index (χ3n) is 6.12. The predicted octanol–water partition coefficient (Wildman–Crippen LogP) is 3.06. The molecule has 162 valence electrons. The molecule has 0 aliphatic carbocycles. The number of phenols is 1. The average Bonchev–Trinajstić information content (AvgIpc) is 3.28. The number of aliphatic imine (C=N–C) groups is 1. The summed E-state index contributed by atoms with van der Waals surface area (Å²) in [6.07, 6.45) is 2.56. The van der Waals surface area contributed by atoms with Gasteiger partial charge in [0.25, 0.3) is 0 Å². The number of piperidine rings is 1. The molecule has 1 aromatic heterocycles. The summed E-state index contributed by atoms with van der Waals surface area (Å²) in [5.41, 5.74) is 0.924. The van der Waals surface area contributed by atoms with E-state index in [4.69, 9.17) is 0 Å². The Balaban J connectivity index is 1.24. The van der Waals surface area contributed by atoms with Crippen LogP contribution in [-0.2, 0) is 6.54 Å². The van der Waals surface area contributed by atoms with Crippen molar-refractivity contribution < 1.29 is 5.11 Å². The molecule has 2 aliphatic rings. The summed E-state index contributed by atoms with van der Waals surface area (Å²) in [4.78, 5) is 13.2. The number of thiophene rings is 1. The molecule has 2 fully saturated rings. The highest BCUT2D eigenvalue weighted by Crippen LogP contribution is 2.27. The molecule has 0 amide bonds. The first-order chi connectivity index (χ1) is 14.7. The fraction of sp³-hybridized carbons (Fsp3) is 0.522. The number of hydrogen-bond acceptors (Lipinski definition) is 5. The fourth-order valence-electron chi connectivity index (χ4n) is 4.54. The van der Waals surface area contributed by atoms with Gasteiger partial charge >= 0.3 is 0 Å². The standard InChI is InChI=1S/C23H33N5OS/c1-24-23(28-13-11-27(12-14-28)21-8-2-3-9-22(21)29)25-16-19-6-4-10-26(17-19)18-20-7-5-15-30-20/h2-3,5,7-9,15,19,29H,4,6,10-14,16-18H2,1H3,(H,24,25). The number of piperazine rings is 1. The Morgan fingerprint density at radius 1 is 1.13 bits per heavy atom. The lowest BCUT2D eigenvalue weighted by atomic mass is 9.98. The molecule has 1 atom stereocenters. The van der Waals surface area contributed by atoms with Crippen LogP contribution in [-0.4, -0.2) is 73.7 Å². The summed E-state index contributed by atoms with van der Waals surface area (Å²) in [7, 11) is 1.88. The maximum absolute atomic E-state index is 10.1. The third-order valence-corrected chi connectivity index (χ3v) is 6.99. The van der Waals surface area contributed by atoms with E-state index >= 15 is 0 Å². The van der Waals surface area contributed by atoms with Gasteiger partial charge in [-0.15, -0.1) is 11.3 Å². The van der Waals surface area contributed by atoms with Crippen molar-refractivity contribution in [3.8, 4) is 5.75 Å². The number of para-hydroxylation sites is 2. The van der Waals surface area contributed by atoms with Crippen LogP contribution in [0.15, 0.2) is 46.8 Å². The lowest BCUT2D eigenvalue weighted by Crippen LogP contribution is -2.53. The number of nitrogens with one attached hydrogen (secondary N) is 1. The topological polar surface area (TPSA) is 54.3 Å². The van der Waals surface area contributed by atoms with E-state index < -0.39 is 0 Å². The lowest BCUT2D eigenvalue weighted by Gasteiger charge is -2.38. The highest BCUT2D eigenvalue weighted by molar-refractivity contribution is 7.09. The zero-order valence-corrected chi connectivity index (χ0v) is 18.7. The summed E-state index contributed by atoms with van der Waals surface area (Å²) in [6.45, 7) is 8.00. The van der Waals surface area contributed by atoms with E-state index in [0.29, 0.717) is 11.7 Å². The second-order valence-electron chi connectivity index (χ2n) is 8.21. The van der Waals surface area contributed by atoms with Gasteiger partial charge in [-0.2, -0.15) is 0 Å². The number of anilines is 1. The monoisotopic (exact) mass is 427 g/mol. The van der Waals surface area contributed by atoms with E-state index in [-0.39, 0.29) is 0 Å². The van der Waals surface area contributed by atoms with E-state index in [9.17, 15) is 5.11 Å². The van der Waals surface area contributed by atoms with Crippen LogP contribution in [0.3, 0.4) is 0 Å². The van der Waals surface area contributed by atoms with E-state index in [2.05, 4.69) is 42.5 Å². The molecule has 0 radical (unpaired) electrons. The van der Waals surface area contributed by atoms with Crippen LogP contribution < -0.4 is 10.2 Å². The van der Waals surface area contributed by atoms with Crippen molar-refractivity contribution in [3.05, 3.63) is 46.7 Å². The number of phenolic OH excluding ortho intramolecular Hbond substituents is 1. The molecular formula is C23H33N5OS. The summed E-state index contributed by atoms with van der Waals surface area (Å²) in [6, 6.07) is 12.0. The molecule has 2 aliphatic heterocycles. The molecule has 0 bridgehead atoms. The van der Waals surface area contributed by atoms with Gasteiger partial charge in [-0.25, -0.2) is 0 Å². The van der Waals surface area contributed by atoms with Crippen LogP contribution in [0.25, 0.3) is 0 Å². The molecule has 2 saturated heterocycles. The number of aromatic hydroxyl groups is 1. The number of nitrogens with zero attached hydrogens (tertiary/aromatic N) is 4. The number of hydrogen-bond donors (Lipinski definition) is 2. The molecule has 2 aromatic rings. The summed E-state index contributed by atoms with van der Waals surface area (Å²) < 4.78 is 0. The van der Waals surface area contributed by atoms with Gasteiger partial charge in [-0.3, -0.25) is 9.89 Å². The zero-order valence-electron chi connectivity index (χ0n) is 17.8. The van der Waals surface area contributed by atoms with E-state index in [1.54, 1.807) is 6.07 Å². The van der Waals surface area contributed by atoms with Crippen molar-refractivity contribution in [1.82, 2.24) is 15.1 Å². The molecule has 0 saturated carbocycles. The van der Waals surface area contributed by atoms with Crippen LogP contribution in [0.5, 0.6) is 5.75 Å². The highest BCUT2D eigenvalue weighted by Gasteiger charge is 2.24. The van der Waals surface area contributed by atoms with E-state index in [1.807, 2.05) is 36.6 Å². The van der Waals surface area contributed by atoms with Crippen molar-refractivity contribution >= 4 is 23.0 Å². The van der Waals surface area contributed by atoms with Crippen molar-refractivity contribution in [2.75, 3.05) is 57.8 Å². The maximum Gasteiger partial charge on any atom is 0.193 e. The van der Waals surface area contributed by atoms with Crippen molar-refractivity contribution in [3.63, 3.8) is 0 Å². The Labute approximate surface area is 183 Å². The molecule has 1 aromatic carbocycles. The zero-order chi connectivity index (χ0) is 20.8. The van der Waals surface area contributed by atoms with Gasteiger partial charge in [-0.05, 0) is 48.9 Å². The first kappa shape index (κ1) is 21.0. The van der Waals surface area contributed by atoms with Crippen LogP contribution in [0.4, 0.5) is 5.69 Å². The van der Waals surface area contributed by atoms with Crippen LogP contribution in [0.2, 0.25) is 0 Å². The van der Waals surface area contributed by atoms with Gasteiger partial charge in [0.1, 0.15) is 5.75 Å². The molecular weight excluding hydrogens is 394 g/mol. The Bertz CT molecular complexity index is 817. The van der Waals surface area contributed by atoms with Crippen molar-refractivity contribution in [2.24, 2.45) is 10.9 Å². The maximum atomic E-state index is 10.1. The van der Waals surface area contributed by atoms with Gasteiger partial charge < -0.3 is 20.2 Å². The first-order valence-corrected chi connectivity index (χ1v) is 11.8. The van der Waals surface area contributed by atoms with Gasteiger partial charge in [0, 0.05) is 57.7 Å². The molecule has 6 nitrogen and oxygen atoms in total. The molecule has 0 spiro atoms. The lowest BCUT2D eigenvalue weighted by molar-refractivity contribution is 0.169. The number of likely N-dealkylation sites (tertiary alicyclic amines) is 1. The molecule has 7 heteroatoms. The smallest absolute Gasteiger partial charge is 0.193 e. The first-order valence-electron chi connectivity index (χ1n) is 11.0. The minimum Gasteiger partial charge on any atom is -0.506 e. The summed E-state index contributed by atoms with van der Waals surface area (Å²) >= 11 is 1.86. The van der Waals surface area contributed by atoms with E-state index in [0.717, 1.165) is 57.5 Å². The van der Waals surface area contributed by atoms with Gasteiger partial charge in [0.05, 0.1) is 5.69 Å². The normalized spacial score (nSPS) is 21.1. The van der Waals surface area contributed by atoms with Crippen LogP contribution >= 0.6 is 11.3 Å². The second-order valence-corrected chi connectivity index (χ2v) is 9.25. The molecule has 30 heavy (non-hydrogen) atoms.